The Morgan fingerprint density at radius 2 is 2.05 bits per heavy atom. The average molecular weight is 511 g/mol. The summed E-state index contributed by atoms with van der Waals surface area (Å²) in [6.07, 6.45) is 3.59. The molecule has 1 aromatic carbocycles. The van der Waals surface area contributed by atoms with Crippen molar-refractivity contribution < 1.29 is 23.6 Å². The maximum atomic E-state index is 13.0. The lowest BCUT2D eigenvalue weighted by Crippen LogP contribution is -2.52. The van der Waals surface area contributed by atoms with Gasteiger partial charge in [0.15, 0.2) is 17.3 Å². The van der Waals surface area contributed by atoms with Gasteiger partial charge in [-0.05, 0) is 31.0 Å². The number of aromatic nitrogens is 3. The Balaban J connectivity index is 1.62. The second-order valence-corrected chi connectivity index (χ2v) is 9.38. The lowest BCUT2D eigenvalue weighted by Gasteiger charge is -2.25. The van der Waals surface area contributed by atoms with Crippen LogP contribution in [0.15, 0.2) is 41.2 Å². The van der Waals surface area contributed by atoms with Gasteiger partial charge in [-0.3, -0.25) is 14.5 Å². The molecule has 0 saturated heterocycles. The van der Waals surface area contributed by atoms with E-state index in [1.807, 2.05) is 60.7 Å². The van der Waals surface area contributed by atoms with Crippen molar-refractivity contribution in [2.24, 2.45) is 5.92 Å². The quantitative estimate of drug-likeness (QED) is 0.546. The zero-order valence-corrected chi connectivity index (χ0v) is 21.7. The number of benzene rings is 1. The second kappa shape index (κ2) is 11.9. The molecule has 3 heterocycles. The fraction of sp³-hybridized carbons (Fsp3) is 0.462. The molecular formula is C26H34N6O5. The predicted octanol–water partition coefficient (Wildman–Crippen LogP) is 2.01. The molecule has 2 N–H and O–H groups in total. The lowest BCUT2D eigenvalue weighted by atomic mass is 10.0. The SMILES string of the molecule is COc1ccc2cc1OCCN(Cc1cc(C)no1)CC(=O)N[C@H](C(C)C)C(=O)NCCn1ccnc1-2. The highest BCUT2D eigenvalue weighted by molar-refractivity contribution is 5.88. The third kappa shape index (κ3) is 6.67. The van der Waals surface area contributed by atoms with Crippen LogP contribution >= 0.6 is 0 Å². The monoisotopic (exact) mass is 510 g/mol. The zero-order chi connectivity index (χ0) is 26.4. The number of hydrogen-bond acceptors (Lipinski definition) is 8. The summed E-state index contributed by atoms with van der Waals surface area (Å²) in [5.74, 6) is 2.00. The maximum Gasteiger partial charge on any atom is 0.242 e. The van der Waals surface area contributed by atoms with Gasteiger partial charge in [0.2, 0.25) is 11.8 Å². The molecule has 2 aromatic heterocycles. The summed E-state index contributed by atoms with van der Waals surface area (Å²) in [6.45, 7) is 7.71. The van der Waals surface area contributed by atoms with Crippen LogP contribution in [0.4, 0.5) is 0 Å². The van der Waals surface area contributed by atoms with Gasteiger partial charge < -0.3 is 29.2 Å². The molecule has 1 aliphatic heterocycles. The summed E-state index contributed by atoms with van der Waals surface area (Å²) < 4.78 is 19.0. The van der Waals surface area contributed by atoms with Crippen molar-refractivity contribution >= 4 is 11.8 Å². The fourth-order valence-corrected chi connectivity index (χ4v) is 4.26. The average Bonchev–Trinajstić information content (AvgIpc) is 3.50. The Bertz CT molecular complexity index is 1220. The van der Waals surface area contributed by atoms with Crippen molar-refractivity contribution in [1.29, 1.82) is 0 Å². The predicted molar refractivity (Wildman–Crippen MR) is 136 cm³/mol. The van der Waals surface area contributed by atoms with Gasteiger partial charge in [-0.15, -0.1) is 0 Å². The molecule has 0 unspecified atom stereocenters. The molecule has 2 amide bonds. The number of carbonyl (C=O) groups is 2. The van der Waals surface area contributed by atoms with E-state index >= 15 is 0 Å². The van der Waals surface area contributed by atoms with E-state index in [4.69, 9.17) is 14.0 Å². The van der Waals surface area contributed by atoms with Gasteiger partial charge >= 0.3 is 0 Å². The molecule has 0 radical (unpaired) electrons. The van der Waals surface area contributed by atoms with E-state index in [2.05, 4.69) is 20.8 Å². The molecule has 4 rings (SSSR count). The number of fused-ring (bicyclic) bond motifs is 4. The lowest BCUT2D eigenvalue weighted by molar-refractivity contribution is -0.130. The second-order valence-electron chi connectivity index (χ2n) is 9.38. The van der Waals surface area contributed by atoms with Crippen molar-refractivity contribution in [2.45, 2.75) is 39.9 Å². The number of nitrogens with zero attached hydrogens (tertiary/aromatic N) is 4. The van der Waals surface area contributed by atoms with Crippen LogP contribution in [0.5, 0.6) is 11.5 Å². The van der Waals surface area contributed by atoms with E-state index in [9.17, 15) is 9.59 Å². The molecule has 2 bridgehead atoms. The summed E-state index contributed by atoms with van der Waals surface area (Å²) in [6, 6.07) is 6.83. The summed E-state index contributed by atoms with van der Waals surface area (Å²) in [7, 11) is 1.59. The number of ether oxygens (including phenoxy) is 2. The van der Waals surface area contributed by atoms with Gasteiger partial charge in [0.05, 0.1) is 25.9 Å². The highest BCUT2D eigenvalue weighted by atomic mass is 16.5. The zero-order valence-electron chi connectivity index (χ0n) is 21.7. The smallest absolute Gasteiger partial charge is 0.242 e. The minimum Gasteiger partial charge on any atom is -0.493 e. The van der Waals surface area contributed by atoms with E-state index in [1.165, 1.54) is 0 Å². The first-order chi connectivity index (χ1) is 17.8. The number of methoxy groups -OCH3 is 1. The Labute approximate surface area is 216 Å². The molecule has 3 aromatic rings. The summed E-state index contributed by atoms with van der Waals surface area (Å²) in [5, 5.41) is 9.80. The molecule has 11 nitrogen and oxygen atoms in total. The molecule has 1 atom stereocenters. The van der Waals surface area contributed by atoms with Crippen molar-refractivity contribution in [3.63, 3.8) is 0 Å². The van der Waals surface area contributed by atoms with Crippen LogP contribution in [0.1, 0.15) is 25.3 Å². The van der Waals surface area contributed by atoms with Crippen molar-refractivity contribution in [3.8, 4) is 22.9 Å². The van der Waals surface area contributed by atoms with Crippen molar-refractivity contribution in [1.82, 2.24) is 30.2 Å². The summed E-state index contributed by atoms with van der Waals surface area (Å²) >= 11 is 0. The van der Waals surface area contributed by atoms with Crippen LogP contribution in [0.3, 0.4) is 0 Å². The molecule has 0 spiro atoms. The summed E-state index contributed by atoms with van der Waals surface area (Å²) in [4.78, 5) is 32.4. The first-order valence-corrected chi connectivity index (χ1v) is 12.4. The van der Waals surface area contributed by atoms with Gasteiger partial charge in [-0.2, -0.15) is 0 Å². The number of amides is 2. The van der Waals surface area contributed by atoms with Crippen LogP contribution in [-0.4, -0.2) is 70.8 Å². The molecule has 0 saturated carbocycles. The van der Waals surface area contributed by atoms with Crippen LogP contribution in [-0.2, 0) is 22.7 Å². The number of carbonyl (C=O) groups excluding carboxylic acids is 2. The fourth-order valence-electron chi connectivity index (χ4n) is 4.26. The van der Waals surface area contributed by atoms with E-state index in [-0.39, 0.29) is 24.3 Å². The molecular weight excluding hydrogens is 476 g/mol. The Hall–Kier alpha value is -3.86. The van der Waals surface area contributed by atoms with Crippen LogP contribution < -0.4 is 20.1 Å². The number of imidazole rings is 1. The first-order valence-electron chi connectivity index (χ1n) is 12.4. The first kappa shape index (κ1) is 26.2. The molecule has 11 heteroatoms. The minimum absolute atomic E-state index is 0.0617. The van der Waals surface area contributed by atoms with Gasteiger partial charge in [0, 0.05) is 43.7 Å². The van der Waals surface area contributed by atoms with Gasteiger partial charge in [-0.1, -0.05) is 19.0 Å². The van der Waals surface area contributed by atoms with Crippen LogP contribution in [0.25, 0.3) is 11.4 Å². The minimum atomic E-state index is -0.657. The number of rotatable bonds is 4. The molecule has 198 valence electrons. The highest BCUT2D eigenvalue weighted by Gasteiger charge is 2.25. The third-order valence-corrected chi connectivity index (χ3v) is 6.14. The van der Waals surface area contributed by atoms with Crippen LogP contribution in [0.2, 0.25) is 0 Å². The number of nitrogens with one attached hydrogen (secondary N) is 2. The standard InChI is InChI=1S/C26H34N6O5/c1-17(2)24-26(34)28-8-10-32-9-7-27-25(32)19-5-6-21(35-4)22(14-19)36-12-11-31(16-23(33)29-24)15-20-13-18(3)30-37-20/h5-7,9,13-14,17,24H,8,10-12,15-16H2,1-4H3,(H,28,34)(H,29,33)/t24-/m1/s1. The summed E-state index contributed by atoms with van der Waals surface area (Å²) in [5.41, 5.74) is 1.62. The van der Waals surface area contributed by atoms with E-state index < -0.39 is 6.04 Å². The van der Waals surface area contributed by atoms with E-state index in [0.717, 1.165) is 17.1 Å². The van der Waals surface area contributed by atoms with E-state index in [0.29, 0.717) is 50.0 Å². The van der Waals surface area contributed by atoms with Crippen molar-refractivity contribution in [2.75, 3.05) is 33.4 Å². The molecule has 1 aliphatic rings. The molecule has 0 aliphatic carbocycles. The number of hydrogen-bond donors (Lipinski definition) is 2. The van der Waals surface area contributed by atoms with Crippen molar-refractivity contribution in [3.05, 3.63) is 48.1 Å². The molecule has 0 fully saturated rings. The van der Waals surface area contributed by atoms with Gasteiger partial charge in [0.25, 0.3) is 0 Å². The van der Waals surface area contributed by atoms with Crippen LogP contribution in [0, 0.1) is 12.8 Å². The number of aryl methyl sites for hydroxylation is 1. The topological polar surface area (TPSA) is 124 Å². The largest absolute Gasteiger partial charge is 0.493 e. The Kier molecular flexibility index (Phi) is 8.44. The normalized spacial score (nSPS) is 17.9. The Morgan fingerprint density at radius 3 is 2.78 bits per heavy atom. The molecule has 37 heavy (non-hydrogen) atoms. The van der Waals surface area contributed by atoms with Gasteiger partial charge in [0.1, 0.15) is 18.5 Å². The van der Waals surface area contributed by atoms with Gasteiger partial charge in [-0.25, -0.2) is 4.98 Å². The Morgan fingerprint density at radius 1 is 1.22 bits per heavy atom. The van der Waals surface area contributed by atoms with E-state index in [1.54, 1.807) is 13.3 Å². The third-order valence-electron chi connectivity index (χ3n) is 6.14. The maximum absolute atomic E-state index is 13.0. The highest BCUT2D eigenvalue weighted by Crippen LogP contribution is 2.32.